The number of halogens is 1. The fourth-order valence-electron chi connectivity index (χ4n) is 4.99. The number of benzene rings is 1. The fraction of sp³-hybridized carbons (Fsp3) is 0.458. The smallest absolute Gasteiger partial charge is 0.323 e. The summed E-state index contributed by atoms with van der Waals surface area (Å²) >= 11 is 6.02. The molecule has 0 radical (unpaired) electrons. The van der Waals surface area contributed by atoms with E-state index < -0.39 is 5.54 Å². The van der Waals surface area contributed by atoms with Gasteiger partial charge in [0.25, 0.3) is 5.91 Å². The van der Waals surface area contributed by atoms with Gasteiger partial charge in [0.05, 0.1) is 18.4 Å². The number of amides is 3. The van der Waals surface area contributed by atoms with Crippen molar-refractivity contribution in [2.75, 3.05) is 19.6 Å². The van der Waals surface area contributed by atoms with Gasteiger partial charge in [-0.1, -0.05) is 42.8 Å². The molecule has 1 aromatic heterocycles. The van der Waals surface area contributed by atoms with E-state index in [-0.39, 0.29) is 24.4 Å². The monoisotopic (exact) mass is 455 g/mol. The van der Waals surface area contributed by atoms with Gasteiger partial charge in [0, 0.05) is 17.1 Å². The van der Waals surface area contributed by atoms with Gasteiger partial charge in [0.1, 0.15) is 5.54 Å². The highest BCUT2D eigenvalue weighted by Crippen LogP contribution is 2.37. The first-order valence-electron chi connectivity index (χ1n) is 11.1. The van der Waals surface area contributed by atoms with Gasteiger partial charge in [-0.05, 0) is 62.9 Å². The molecular weight excluding hydrogens is 426 g/mol. The Hall–Kier alpha value is -2.64. The zero-order chi connectivity index (χ0) is 22.9. The molecular formula is C24H30ClN5O2. The minimum atomic E-state index is -0.803. The van der Waals surface area contributed by atoms with Crippen LogP contribution in [-0.2, 0) is 11.3 Å². The van der Waals surface area contributed by atoms with E-state index in [4.69, 9.17) is 11.6 Å². The maximum Gasteiger partial charge on any atom is 0.325 e. The molecule has 0 bridgehead atoms. The number of aromatic nitrogens is 2. The Morgan fingerprint density at radius 2 is 1.94 bits per heavy atom. The maximum absolute atomic E-state index is 13.2. The quantitative estimate of drug-likeness (QED) is 0.483. The predicted octanol–water partition coefficient (Wildman–Crippen LogP) is 4.22. The van der Waals surface area contributed by atoms with Crippen LogP contribution < -0.4 is 5.32 Å². The lowest BCUT2D eigenvalue weighted by molar-refractivity contribution is -0.134. The minimum Gasteiger partial charge on any atom is -0.323 e. The van der Waals surface area contributed by atoms with Crippen molar-refractivity contribution >= 4 is 23.5 Å². The SMILES string of the molecule is C=C(C)CN1C(=O)N[C@](CC)(C2CCN(Cc3cn[nH]c3-c3ccc(Cl)cc3)CC2)C1=O. The van der Waals surface area contributed by atoms with Crippen LogP contribution in [0.25, 0.3) is 11.3 Å². The van der Waals surface area contributed by atoms with Crippen LogP contribution in [0.5, 0.6) is 0 Å². The Bertz CT molecular complexity index is 1010. The van der Waals surface area contributed by atoms with Gasteiger partial charge in [-0.2, -0.15) is 5.10 Å². The van der Waals surface area contributed by atoms with Gasteiger partial charge in [-0.25, -0.2) is 4.79 Å². The second-order valence-corrected chi connectivity index (χ2v) is 9.37. The fourth-order valence-corrected chi connectivity index (χ4v) is 5.11. The second-order valence-electron chi connectivity index (χ2n) is 8.93. The Balaban J connectivity index is 1.42. The average molecular weight is 456 g/mol. The summed E-state index contributed by atoms with van der Waals surface area (Å²) in [6, 6.07) is 7.43. The molecule has 2 fully saturated rings. The van der Waals surface area contributed by atoms with E-state index in [1.807, 2.05) is 44.3 Å². The first-order chi connectivity index (χ1) is 15.3. The van der Waals surface area contributed by atoms with Crippen molar-refractivity contribution in [1.82, 2.24) is 25.3 Å². The second kappa shape index (κ2) is 9.08. The third kappa shape index (κ3) is 4.19. The van der Waals surface area contributed by atoms with Gasteiger partial charge in [0.2, 0.25) is 0 Å². The Labute approximate surface area is 193 Å². The maximum atomic E-state index is 13.2. The number of urea groups is 1. The van der Waals surface area contributed by atoms with Crippen molar-refractivity contribution in [2.45, 2.75) is 45.2 Å². The molecule has 0 spiro atoms. The van der Waals surface area contributed by atoms with Crippen molar-refractivity contribution in [3.8, 4) is 11.3 Å². The molecule has 8 heteroatoms. The van der Waals surface area contributed by atoms with Gasteiger partial charge in [0.15, 0.2) is 0 Å². The number of H-pyrrole nitrogens is 1. The highest BCUT2D eigenvalue weighted by Gasteiger charge is 2.54. The van der Waals surface area contributed by atoms with Crippen molar-refractivity contribution < 1.29 is 9.59 Å². The number of hydrogen-bond donors (Lipinski definition) is 2. The van der Waals surface area contributed by atoms with Crippen molar-refractivity contribution in [3.05, 3.63) is 53.2 Å². The summed E-state index contributed by atoms with van der Waals surface area (Å²) < 4.78 is 0. The molecule has 170 valence electrons. The summed E-state index contributed by atoms with van der Waals surface area (Å²) in [6.45, 7) is 10.5. The highest BCUT2D eigenvalue weighted by atomic mass is 35.5. The van der Waals surface area contributed by atoms with E-state index in [1.54, 1.807) is 0 Å². The Kier molecular flexibility index (Phi) is 6.40. The van der Waals surface area contributed by atoms with Gasteiger partial charge in [-0.3, -0.25) is 19.7 Å². The third-order valence-electron chi connectivity index (χ3n) is 6.72. The third-order valence-corrected chi connectivity index (χ3v) is 6.97. The molecule has 4 rings (SSSR count). The zero-order valence-corrected chi connectivity index (χ0v) is 19.4. The number of nitrogens with zero attached hydrogens (tertiary/aromatic N) is 3. The number of hydrogen-bond acceptors (Lipinski definition) is 4. The van der Waals surface area contributed by atoms with E-state index >= 15 is 0 Å². The van der Waals surface area contributed by atoms with Crippen molar-refractivity contribution in [1.29, 1.82) is 0 Å². The molecule has 3 amide bonds. The molecule has 0 unspecified atom stereocenters. The number of aromatic amines is 1. The van der Waals surface area contributed by atoms with Crippen LogP contribution in [0, 0.1) is 5.92 Å². The number of carbonyl (C=O) groups is 2. The molecule has 1 aromatic carbocycles. The molecule has 2 saturated heterocycles. The number of likely N-dealkylation sites (tertiary alicyclic amines) is 1. The molecule has 1 atom stereocenters. The number of imide groups is 1. The van der Waals surface area contributed by atoms with Gasteiger partial charge in [-0.15, -0.1) is 0 Å². The molecule has 2 N–H and O–H groups in total. The lowest BCUT2D eigenvalue weighted by Crippen LogP contribution is -2.55. The summed E-state index contributed by atoms with van der Waals surface area (Å²) in [7, 11) is 0. The summed E-state index contributed by atoms with van der Waals surface area (Å²) in [5, 5.41) is 11.1. The molecule has 3 heterocycles. The highest BCUT2D eigenvalue weighted by molar-refractivity contribution is 6.30. The minimum absolute atomic E-state index is 0.105. The first kappa shape index (κ1) is 22.6. The molecule has 2 aliphatic rings. The van der Waals surface area contributed by atoms with E-state index in [2.05, 4.69) is 27.0 Å². The molecule has 32 heavy (non-hydrogen) atoms. The zero-order valence-electron chi connectivity index (χ0n) is 18.7. The predicted molar refractivity (Wildman–Crippen MR) is 125 cm³/mol. The van der Waals surface area contributed by atoms with Crippen molar-refractivity contribution in [2.24, 2.45) is 5.92 Å². The van der Waals surface area contributed by atoms with Crippen LogP contribution in [0.2, 0.25) is 5.02 Å². The normalized spacial score (nSPS) is 22.4. The van der Waals surface area contributed by atoms with Gasteiger partial charge < -0.3 is 5.32 Å². The molecule has 2 aromatic rings. The number of rotatable bonds is 7. The van der Waals surface area contributed by atoms with Gasteiger partial charge >= 0.3 is 6.03 Å². The summed E-state index contributed by atoms with van der Waals surface area (Å²) in [6.07, 6.45) is 4.18. The van der Waals surface area contributed by atoms with E-state index in [9.17, 15) is 9.59 Å². The van der Waals surface area contributed by atoms with Crippen LogP contribution in [0.4, 0.5) is 4.79 Å². The summed E-state index contributed by atoms with van der Waals surface area (Å²) in [5.41, 5.74) is 3.18. The first-order valence-corrected chi connectivity index (χ1v) is 11.5. The molecule has 0 aliphatic carbocycles. The largest absolute Gasteiger partial charge is 0.325 e. The molecule has 0 saturated carbocycles. The Morgan fingerprint density at radius 1 is 1.25 bits per heavy atom. The summed E-state index contributed by atoms with van der Waals surface area (Å²) in [4.78, 5) is 29.5. The van der Waals surface area contributed by atoms with E-state index in [0.717, 1.165) is 54.9 Å². The Morgan fingerprint density at radius 3 is 2.56 bits per heavy atom. The number of piperidine rings is 1. The van der Waals surface area contributed by atoms with Crippen molar-refractivity contribution in [3.63, 3.8) is 0 Å². The van der Waals surface area contributed by atoms with E-state index in [0.29, 0.717) is 11.4 Å². The molecule has 2 aliphatic heterocycles. The van der Waals surface area contributed by atoms with Crippen LogP contribution in [0.3, 0.4) is 0 Å². The van der Waals surface area contributed by atoms with Crippen LogP contribution in [-0.4, -0.2) is 57.1 Å². The summed E-state index contributed by atoms with van der Waals surface area (Å²) in [5.74, 6) is 0.0155. The van der Waals surface area contributed by atoms with Crippen LogP contribution >= 0.6 is 11.6 Å². The lowest BCUT2D eigenvalue weighted by Gasteiger charge is -2.40. The van der Waals surface area contributed by atoms with Crippen LogP contribution in [0.15, 0.2) is 42.6 Å². The van der Waals surface area contributed by atoms with Crippen LogP contribution in [0.1, 0.15) is 38.7 Å². The lowest BCUT2D eigenvalue weighted by atomic mass is 9.75. The molecule has 7 nitrogen and oxygen atoms in total. The van der Waals surface area contributed by atoms with E-state index in [1.165, 1.54) is 4.90 Å². The average Bonchev–Trinajstić information content (AvgIpc) is 3.33. The number of carbonyl (C=O) groups excluding carboxylic acids is 2. The number of nitrogens with one attached hydrogen (secondary N) is 2. The topological polar surface area (TPSA) is 81.3 Å². The standard InChI is InChI=1S/C24H30ClN5O2/c1-4-24(22(31)30(14-16(2)3)23(32)27-24)19-9-11-29(12-10-19)15-18-13-26-28-21(18)17-5-7-20(25)8-6-17/h5-8,13,19H,2,4,9-12,14-15H2,1,3H3,(H,26,28)(H,27,32)/t24-/m1/s1.